The van der Waals surface area contributed by atoms with Crippen LogP contribution in [0.4, 0.5) is 13.2 Å². The summed E-state index contributed by atoms with van der Waals surface area (Å²) in [6.45, 7) is 0.601. The number of benzene rings is 1. The van der Waals surface area contributed by atoms with E-state index in [2.05, 4.69) is 5.32 Å². The molecule has 23 heavy (non-hydrogen) atoms. The summed E-state index contributed by atoms with van der Waals surface area (Å²) in [6, 6.07) is 3.31. The molecule has 1 aliphatic heterocycles. The molecule has 1 saturated heterocycles. The fourth-order valence-corrected chi connectivity index (χ4v) is 2.43. The van der Waals surface area contributed by atoms with Crippen LogP contribution in [0.5, 0.6) is 0 Å². The Bertz CT molecular complexity index is 582. The zero-order valence-corrected chi connectivity index (χ0v) is 12.1. The third-order valence-corrected chi connectivity index (χ3v) is 3.66. The molecule has 0 unspecified atom stereocenters. The molecule has 0 bridgehead atoms. The molecule has 1 heterocycles. The average molecular weight is 331 g/mol. The Morgan fingerprint density at radius 2 is 2.04 bits per heavy atom. The van der Waals surface area contributed by atoms with Crippen LogP contribution in [0.2, 0.25) is 0 Å². The van der Waals surface area contributed by atoms with Gasteiger partial charge in [-0.15, -0.1) is 0 Å². The van der Waals surface area contributed by atoms with Gasteiger partial charge in [-0.1, -0.05) is 18.2 Å². The quantitative estimate of drug-likeness (QED) is 0.863. The minimum atomic E-state index is -4.58. The number of carboxylic acid groups (broad SMARTS) is 1. The number of alkyl halides is 3. The maximum atomic E-state index is 13.0. The van der Waals surface area contributed by atoms with E-state index in [0.717, 1.165) is 6.07 Å². The molecule has 2 rings (SSSR count). The van der Waals surface area contributed by atoms with Crippen molar-refractivity contribution in [2.45, 2.75) is 25.1 Å². The van der Waals surface area contributed by atoms with Crippen LogP contribution in [-0.4, -0.2) is 36.2 Å². The number of nitrogens with one attached hydrogen (secondary N) is 1. The smallest absolute Gasteiger partial charge is 0.416 e. The third-order valence-electron chi connectivity index (χ3n) is 3.66. The lowest BCUT2D eigenvalue weighted by Gasteiger charge is -2.19. The highest BCUT2D eigenvalue weighted by molar-refractivity contribution is 5.85. The van der Waals surface area contributed by atoms with Crippen LogP contribution in [0.15, 0.2) is 24.3 Å². The topological polar surface area (TPSA) is 75.6 Å². The number of ether oxygens (including phenoxy) is 1. The van der Waals surface area contributed by atoms with Crippen LogP contribution in [-0.2, 0) is 26.9 Å². The van der Waals surface area contributed by atoms with Gasteiger partial charge in [0.1, 0.15) is 6.04 Å². The monoisotopic (exact) mass is 331 g/mol. The molecule has 1 amide bonds. The molecule has 126 valence electrons. The van der Waals surface area contributed by atoms with Crippen molar-refractivity contribution >= 4 is 11.9 Å². The predicted molar refractivity (Wildman–Crippen MR) is 73.6 cm³/mol. The highest BCUT2D eigenvalue weighted by Crippen LogP contribution is 2.32. The summed E-state index contributed by atoms with van der Waals surface area (Å²) in [4.78, 5) is 23.2. The summed E-state index contributed by atoms with van der Waals surface area (Å²) < 4.78 is 43.9. The van der Waals surface area contributed by atoms with E-state index in [4.69, 9.17) is 4.74 Å². The van der Waals surface area contributed by atoms with Crippen molar-refractivity contribution in [3.05, 3.63) is 35.4 Å². The zero-order chi connectivity index (χ0) is 17.0. The Labute approximate surface area is 130 Å². The molecule has 8 heteroatoms. The maximum Gasteiger partial charge on any atom is 0.416 e. The van der Waals surface area contributed by atoms with Gasteiger partial charge in [-0.3, -0.25) is 4.79 Å². The number of aliphatic carboxylic acids is 1. The second-order valence-electron chi connectivity index (χ2n) is 5.32. The highest BCUT2D eigenvalue weighted by atomic mass is 19.4. The molecule has 5 nitrogen and oxygen atoms in total. The summed E-state index contributed by atoms with van der Waals surface area (Å²) >= 11 is 0. The average Bonchev–Trinajstić information content (AvgIpc) is 3.00. The largest absolute Gasteiger partial charge is 0.480 e. The molecule has 1 aromatic carbocycles. The Morgan fingerprint density at radius 1 is 1.35 bits per heavy atom. The molecular formula is C15H16F3NO4. The zero-order valence-electron chi connectivity index (χ0n) is 12.1. The number of hydrogen-bond acceptors (Lipinski definition) is 3. The molecule has 0 saturated carbocycles. The van der Waals surface area contributed by atoms with Gasteiger partial charge in [-0.25, -0.2) is 4.79 Å². The summed E-state index contributed by atoms with van der Waals surface area (Å²) in [5.74, 6) is -2.36. The van der Waals surface area contributed by atoms with Gasteiger partial charge < -0.3 is 15.2 Å². The minimum Gasteiger partial charge on any atom is -0.480 e. The Hall–Kier alpha value is -2.09. The second kappa shape index (κ2) is 6.99. The van der Waals surface area contributed by atoms with Gasteiger partial charge in [0, 0.05) is 13.0 Å². The first-order chi connectivity index (χ1) is 10.8. The minimum absolute atomic E-state index is 0.171. The van der Waals surface area contributed by atoms with Gasteiger partial charge in [0.05, 0.1) is 18.1 Å². The fraction of sp³-hybridized carbons (Fsp3) is 0.467. The molecule has 1 fully saturated rings. The van der Waals surface area contributed by atoms with Gasteiger partial charge >= 0.3 is 12.1 Å². The molecule has 2 N–H and O–H groups in total. The van der Waals surface area contributed by atoms with E-state index in [1.165, 1.54) is 18.2 Å². The van der Waals surface area contributed by atoms with Gasteiger partial charge in [-0.05, 0) is 18.1 Å². The van der Waals surface area contributed by atoms with E-state index in [9.17, 15) is 27.9 Å². The number of hydrogen-bond donors (Lipinski definition) is 2. The fourth-order valence-electron chi connectivity index (χ4n) is 2.43. The van der Waals surface area contributed by atoms with Gasteiger partial charge in [-0.2, -0.15) is 13.2 Å². The third kappa shape index (κ3) is 4.44. The summed E-state index contributed by atoms with van der Waals surface area (Å²) in [5.41, 5.74) is -1.07. The lowest BCUT2D eigenvalue weighted by Crippen LogP contribution is -2.45. The lowest BCUT2D eigenvalue weighted by atomic mass is 9.99. The van der Waals surface area contributed by atoms with E-state index >= 15 is 0 Å². The van der Waals surface area contributed by atoms with Gasteiger partial charge in [0.15, 0.2) is 0 Å². The molecule has 2 atom stereocenters. The van der Waals surface area contributed by atoms with Crippen molar-refractivity contribution in [3.8, 4) is 0 Å². The highest BCUT2D eigenvalue weighted by Gasteiger charge is 2.35. The summed E-state index contributed by atoms with van der Waals surface area (Å²) in [6.07, 6.45) is -4.55. The van der Waals surface area contributed by atoms with Crippen LogP contribution >= 0.6 is 0 Å². The number of carbonyl (C=O) groups excluding carboxylic acids is 1. The van der Waals surface area contributed by atoms with Crippen molar-refractivity contribution < 1.29 is 32.6 Å². The van der Waals surface area contributed by atoms with E-state index in [1.54, 1.807) is 0 Å². The van der Waals surface area contributed by atoms with Gasteiger partial charge in [0.25, 0.3) is 0 Å². The summed E-state index contributed by atoms with van der Waals surface area (Å²) in [5, 5.41) is 11.5. The molecule has 1 aromatic rings. The second-order valence-corrected chi connectivity index (χ2v) is 5.32. The van der Waals surface area contributed by atoms with Crippen LogP contribution < -0.4 is 5.32 Å². The Morgan fingerprint density at radius 3 is 2.61 bits per heavy atom. The first kappa shape index (κ1) is 17.3. The predicted octanol–water partition coefficient (Wildman–Crippen LogP) is 1.85. The van der Waals surface area contributed by atoms with Crippen LogP contribution in [0.3, 0.4) is 0 Å². The van der Waals surface area contributed by atoms with Crippen molar-refractivity contribution in [2.75, 3.05) is 13.2 Å². The van der Waals surface area contributed by atoms with Crippen molar-refractivity contribution in [1.82, 2.24) is 5.32 Å². The Kier molecular flexibility index (Phi) is 5.25. The molecule has 0 aliphatic carbocycles. The van der Waals surface area contributed by atoms with Gasteiger partial charge in [0.2, 0.25) is 5.91 Å². The van der Waals surface area contributed by atoms with E-state index < -0.39 is 42.0 Å². The van der Waals surface area contributed by atoms with E-state index in [0.29, 0.717) is 13.0 Å². The summed E-state index contributed by atoms with van der Waals surface area (Å²) in [7, 11) is 0. The van der Waals surface area contributed by atoms with Crippen LogP contribution in [0.1, 0.15) is 17.5 Å². The van der Waals surface area contributed by atoms with Crippen LogP contribution in [0, 0.1) is 5.92 Å². The van der Waals surface area contributed by atoms with Crippen molar-refractivity contribution in [1.29, 1.82) is 0 Å². The first-order valence-corrected chi connectivity index (χ1v) is 7.05. The number of carboxylic acids is 1. The number of carbonyl (C=O) groups is 2. The molecule has 0 aromatic heterocycles. The maximum absolute atomic E-state index is 13.0. The SMILES string of the molecule is O=C(N[C@H](Cc1ccccc1C(F)(F)F)C(=O)O)[C@@H]1CCOC1. The number of rotatable bonds is 5. The van der Waals surface area contributed by atoms with E-state index in [-0.39, 0.29) is 12.2 Å². The molecular weight excluding hydrogens is 315 g/mol. The standard InChI is InChI=1S/C15H16F3NO4/c16-15(17,18)11-4-2-1-3-9(11)7-12(14(21)22)19-13(20)10-5-6-23-8-10/h1-4,10,12H,5-8H2,(H,19,20)(H,21,22)/t10-,12-/m1/s1. The molecule has 0 radical (unpaired) electrons. The normalized spacial score (nSPS) is 19.3. The van der Waals surface area contributed by atoms with E-state index in [1.807, 2.05) is 0 Å². The lowest BCUT2D eigenvalue weighted by molar-refractivity contribution is -0.143. The first-order valence-electron chi connectivity index (χ1n) is 7.05. The molecule has 1 aliphatic rings. The van der Waals surface area contributed by atoms with Crippen molar-refractivity contribution in [2.24, 2.45) is 5.92 Å². The number of halogens is 3. The molecule has 0 spiro atoms. The Balaban J connectivity index is 2.14. The van der Waals surface area contributed by atoms with Crippen molar-refractivity contribution in [3.63, 3.8) is 0 Å². The number of amides is 1. The van der Waals surface area contributed by atoms with Crippen LogP contribution in [0.25, 0.3) is 0 Å².